The second-order valence-corrected chi connectivity index (χ2v) is 7.18. The summed E-state index contributed by atoms with van der Waals surface area (Å²) in [6.07, 6.45) is 3.50. The number of halogens is 1. The molecule has 1 heterocycles. The molecule has 2 N–H and O–H groups in total. The zero-order valence-corrected chi connectivity index (χ0v) is 20.3. The molecule has 1 saturated heterocycles. The lowest BCUT2D eigenvalue weighted by atomic mass is 10.2. The van der Waals surface area contributed by atoms with Gasteiger partial charge in [-0.3, -0.25) is 4.99 Å². The number of aliphatic imine (C=N–C) groups is 1. The molecule has 1 aromatic rings. The molecule has 7 nitrogen and oxygen atoms in total. The van der Waals surface area contributed by atoms with Crippen LogP contribution in [0.15, 0.2) is 29.3 Å². The molecule has 166 valence electrons. The highest BCUT2D eigenvalue weighted by molar-refractivity contribution is 14.0. The van der Waals surface area contributed by atoms with Gasteiger partial charge in [0.1, 0.15) is 12.4 Å². The largest absolute Gasteiger partial charge is 0.492 e. The standard InChI is InChI=1S/C21H36N4O3.HI/c1-22-21(23-11-7-13-26-17-19-9-6-14-27-19)24-16-18-8-4-5-10-20(18)28-15-12-25(2)3;/h4-5,8,10,19H,6-7,9,11-17H2,1-3H3,(H2,22,23,24);1H. The Hall–Kier alpha value is -1.10. The van der Waals surface area contributed by atoms with Crippen molar-refractivity contribution in [2.24, 2.45) is 4.99 Å². The highest BCUT2D eigenvalue weighted by atomic mass is 127. The summed E-state index contributed by atoms with van der Waals surface area (Å²) in [5.74, 6) is 1.69. The zero-order valence-electron chi connectivity index (χ0n) is 18.0. The minimum absolute atomic E-state index is 0. The van der Waals surface area contributed by atoms with E-state index in [1.807, 2.05) is 32.3 Å². The number of guanidine groups is 1. The lowest BCUT2D eigenvalue weighted by Crippen LogP contribution is -2.37. The number of hydrogen-bond acceptors (Lipinski definition) is 5. The molecule has 0 aliphatic carbocycles. The predicted octanol–water partition coefficient (Wildman–Crippen LogP) is 2.50. The quantitative estimate of drug-likeness (QED) is 0.191. The van der Waals surface area contributed by atoms with Crippen molar-refractivity contribution in [2.75, 3.05) is 60.7 Å². The molecule has 0 spiro atoms. The van der Waals surface area contributed by atoms with Gasteiger partial charge in [-0.1, -0.05) is 18.2 Å². The van der Waals surface area contributed by atoms with Gasteiger partial charge in [-0.25, -0.2) is 0 Å². The van der Waals surface area contributed by atoms with Crippen LogP contribution in [0.1, 0.15) is 24.8 Å². The van der Waals surface area contributed by atoms with E-state index in [1.54, 1.807) is 7.05 Å². The fourth-order valence-corrected chi connectivity index (χ4v) is 2.90. The molecule has 1 aliphatic rings. The van der Waals surface area contributed by atoms with Crippen LogP contribution in [0.3, 0.4) is 0 Å². The molecule has 0 radical (unpaired) electrons. The minimum Gasteiger partial charge on any atom is -0.492 e. The third kappa shape index (κ3) is 11.0. The van der Waals surface area contributed by atoms with Gasteiger partial charge in [0.25, 0.3) is 0 Å². The van der Waals surface area contributed by atoms with Crippen molar-refractivity contribution < 1.29 is 14.2 Å². The Morgan fingerprint density at radius 3 is 2.79 bits per heavy atom. The van der Waals surface area contributed by atoms with Crippen molar-refractivity contribution in [3.05, 3.63) is 29.8 Å². The van der Waals surface area contributed by atoms with Crippen LogP contribution in [0, 0.1) is 0 Å². The van der Waals surface area contributed by atoms with Gasteiger partial charge in [-0.2, -0.15) is 0 Å². The molecule has 1 fully saturated rings. The third-order valence-corrected chi connectivity index (χ3v) is 4.52. The number of benzene rings is 1. The highest BCUT2D eigenvalue weighted by Gasteiger charge is 2.14. The average molecular weight is 520 g/mol. The maximum Gasteiger partial charge on any atom is 0.191 e. The molecule has 1 aromatic carbocycles. The summed E-state index contributed by atoms with van der Waals surface area (Å²) in [6, 6.07) is 8.11. The number of rotatable bonds is 12. The topological polar surface area (TPSA) is 67.4 Å². The number of ether oxygens (including phenoxy) is 3. The summed E-state index contributed by atoms with van der Waals surface area (Å²) < 4.78 is 17.2. The van der Waals surface area contributed by atoms with Crippen LogP contribution in [0.5, 0.6) is 5.75 Å². The van der Waals surface area contributed by atoms with E-state index in [9.17, 15) is 0 Å². The van der Waals surface area contributed by atoms with Gasteiger partial charge in [-0.15, -0.1) is 24.0 Å². The van der Waals surface area contributed by atoms with E-state index in [2.05, 4.69) is 26.6 Å². The van der Waals surface area contributed by atoms with Crippen molar-refractivity contribution in [1.29, 1.82) is 0 Å². The molecular weight excluding hydrogens is 483 g/mol. The summed E-state index contributed by atoms with van der Waals surface area (Å²) in [5, 5.41) is 6.67. The summed E-state index contributed by atoms with van der Waals surface area (Å²) in [5.41, 5.74) is 1.11. The normalized spacial score (nSPS) is 16.6. The van der Waals surface area contributed by atoms with Crippen LogP contribution < -0.4 is 15.4 Å². The summed E-state index contributed by atoms with van der Waals surface area (Å²) in [4.78, 5) is 6.39. The third-order valence-electron chi connectivity index (χ3n) is 4.52. The van der Waals surface area contributed by atoms with Crippen LogP contribution in [0.25, 0.3) is 0 Å². The summed E-state index contributed by atoms with van der Waals surface area (Å²) in [7, 11) is 5.86. The van der Waals surface area contributed by atoms with Gasteiger partial charge in [0.05, 0.1) is 12.7 Å². The maximum atomic E-state index is 5.91. The molecule has 0 saturated carbocycles. The summed E-state index contributed by atoms with van der Waals surface area (Å²) >= 11 is 0. The first-order valence-electron chi connectivity index (χ1n) is 10.2. The second-order valence-electron chi connectivity index (χ2n) is 7.18. The fraction of sp³-hybridized carbons (Fsp3) is 0.667. The lowest BCUT2D eigenvalue weighted by Gasteiger charge is -2.16. The van der Waals surface area contributed by atoms with Crippen molar-refractivity contribution >= 4 is 29.9 Å². The van der Waals surface area contributed by atoms with Gasteiger partial charge in [-0.05, 0) is 39.4 Å². The first kappa shape index (κ1) is 25.9. The van der Waals surface area contributed by atoms with Crippen molar-refractivity contribution in [2.45, 2.75) is 31.9 Å². The monoisotopic (exact) mass is 520 g/mol. The lowest BCUT2D eigenvalue weighted by molar-refractivity contribution is 0.0168. The Bertz CT molecular complexity index is 581. The SMILES string of the molecule is CN=C(NCCCOCC1CCCO1)NCc1ccccc1OCCN(C)C.I. The van der Waals surface area contributed by atoms with Crippen LogP contribution in [-0.2, 0) is 16.0 Å². The molecule has 8 heteroatoms. The fourth-order valence-electron chi connectivity index (χ4n) is 2.90. The van der Waals surface area contributed by atoms with Crippen molar-refractivity contribution in [3.63, 3.8) is 0 Å². The van der Waals surface area contributed by atoms with Crippen molar-refractivity contribution in [1.82, 2.24) is 15.5 Å². The first-order valence-corrected chi connectivity index (χ1v) is 10.2. The molecule has 0 bridgehead atoms. The number of nitrogens with zero attached hydrogens (tertiary/aromatic N) is 2. The van der Waals surface area contributed by atoms with Gasteiger partial charge >= 0.3 is 0 Å². The van der Waals surface area contributed by atoms with E-state index in [1.165, 1.54) is 0 Å². The predicted molar refractivity (Wildman–Crippen MR) is 129 cm³/mol. The Balaban J connectivity index is 0.00000420. The van der Waals surface area contributed by atoms with Gasteiger partial charge < -0.3 is 29.7 Å². The molecule has 1 aliphatic heterocycles. The van der Waals surface area contributed by atoms with E-state index in [0.29, 0.717) is 25.9 Å². The second kappa shape index (κ2) is 15.7. The van der Waals surface area contributed by atoms with Gasteiger partial charge in [0.2, 0.25) is 0 Å². The van der Waals surface area contributed by atoms with Gasteiger partial charge in [0.15, 0.2) is 5.96 Å². The van der Waals surface area contributed by atoms with E-state index in [-0.39, 0.29) is 24.0 Å². The molecule has 1 atom stereocenters. The van der Waals surface area contributed by atoms with Crippen molar-refractivity contribution in [3.8, 4) is 5.75 Å². The number of likely N-dealkylation sites (N-methyl/N-ethyl adjacent to an activating group) is 1. The summed E-state index contributed by atoms with van der Waals surface area (Å²) in [6.45, 7) is 5.34. The van der Waals surface area contributed by atoms with Crippen LogP contribution in [-0.4, -0.2) is 77.6 Å². The first-order chi connectivity index (χ1) is 13.7. The van der Waals surface area contributed by atoms with Crippen LogP contribution in [0.2, 0.25) is 0 Å². The van der Waals surface area contributed by atoms with E-state index in [0.717, 1.165) is 62.8 Å². The molecule has 0 aromatic heterocycles. The van der Waals surface area contributed by atoms with Gasteiger partial charge in [0, 0.05) is 45.5 Å². The minimum atomic E-state index is 0. The Morgan fingerprint density at radius 2 is 2.07 bits per heavy atom. The smallest absolute Gasteiger partial charge is 0.191 e. The molecular formula is C21H37IN4O3. The maximum absolute atomic E-state index is 5.91. The number of nitrogens with one attached hydrogen (secondary N) is 2. The van der Waals surface area contributed by atoms with E-state index >= 15 is 0 Å². The number of hydrogen-bond donors (Lipinski definition) is 2. The zero-order chi connectivity index (χ0) is 20.0. The van der Waals surface area contributed by atoms with Crippen LogP contribution in [0.4, 0.5) is 0 Å². The Kier molecular flexibility index (Phi) is 14.0. The van der Waals surface area contributed by atoms with E-state index in [4.69, 9.17) is 14.2 Å². The Morgan fingerprint density at radius 1 is 1.24 bits per heavy atom. The molecule has 2 rings (SSSR count). The van der Waals surface area contributed by atoms with Crippen LogP contribution >= 0.6 is 24.0 Å². The molecule has 0 amide bonds. The molecule has 1 unspecified atom stereocenters. The van der Waals surface area contributed by atoms with E-state index < -0.39 is 0 Å². The highest BCUT2D eigenvalue weighted by Crippen LogP contribution is 2.17. The number of para-hydroxylation sites is 1. The Labute approximate surface area is 192 Å². The molecule has 29 heavy (non-hydrogen) atoms. The average Bonchev–Trinajstić information content (AvgIpc) is 3.21.